The molecule has 2 fully saturated rings. The number of Topliss-reactive ketones (excluding diaryl/α,β-unsaturated/α-hetero) is 1. The molecule has 51 heavy (non-hydrogen) atoms. The van der Waals surface area contributed by atoms with Crippen LogP contribution in [-0.2, 0) is 9.53 Å². The topological polar surface area (TPSA) is 70.5 Å². The van der Waals surface area contributed by atoms with Gasteiger partial charge < -0.3 is 14.2 Å². The zero-order valence-corrected chi connectivity index (χ0v) is 32.3. The molecule has 3 unspecified atom stereocenters. The van der Waals surface area contributed by atoms with Crippen molar-refractivity contribution in [2.45, 2.75) is 155 Å². The van der Waals surface area contributed by atoms with E-state index in [0.717, 1.165) is 67.6 Å². The van der Waals surface area contributed by atoms with Crippen molar-refractivity contribution in [3.8, 4) is 34.0 Å². The van der Waals surface area contributed by atoms with Crippen LogP contribution in [-0.4, -0.2) is 40.2 Å². The van der Waals surface area contributed by atoms with E-state index in [9.17, 15) is 4.79 Å². The summed E-state index contributed by atoms with van der Waals surface area (Å²) in [6.07, 6.45) is 23.5. The van der Waals surface area contributed by atoms with Crippen molar-refractivity contribution in [1.29, 1.82) is 0 Å². The van der Waals surface area contributed by atoms with Crippen molar-refractivity contribution in [3.63, 3.8) is 0 Å². The van der Waals surface area contributed by atoms with Gasteiger partial charge in [0.2, 0.25) is 5.78 Å². The maximum atomic E-state index is 14.3. The third-order valence-electron chi connectivity index (χ3n) is 11.9. The molecule has 1 aromatic heterocycles. The fourth-order valence-corrected chi connectivity index (χ4v) is 8.35. The van der Waals surface area contributed by atoms with E-state index in [4.69, 9.17) is 14.2 Å². The Balaban J connectivity index is 1.14. The van der Waals surface area contributed by atoms with Crippen LogP contribution in [0.5, 0.6) is 11.5 Å². The van der Waals surface area contributed by atoms with Gasteiger partial charge in [-0.25, -0.2) is 9.97 Å². The van der Waals surface area contributed by atoms with Crippen molar-refractivity contribution in [1.82, 2.24) is 9.97 Å². The van der Waals surface area contributed by atoms with Crippen molar-refractivity contribution in [3.05, 3.63) is 60.9 Å². The third-order valence-corrected chi connectivity index (χ3v) is 11.9. The normalized spacial score (nSPS) is 23.9. The van der Waals surface area contributed by atoms with E-state index < -0.39 is 11.2 Å². The van der Waals surface area contributed by atoms with Gasteiger partial charge in [-0.3, -0.25) is 4.79 Å². The van der Waals surface area contributed by atoms with Crippen molar-refractivity contribution in [2.24, 2.45) is 11.3 Å². The molecule has 0 N–H and O–H groups in total. The number of aromatic nitrogens is 2. The predicted molar refractivity (Wildman–Crippen MR) is 208 cm³/mol. The fourth-order valence-electron chi connectivity index (χ4n) is 8.35. The summed E-state index contributed by atoms with van der Waals surface area (Å²) in [5.74, 6) is 2.35. The molecule has 2 saturated carbocycles. The van der Waals surface area contributed by atoms with Crippen molar-refractivity contribution >= 4 is 5.78 Å². The SMILES string of the molecule is CCCCCCCCCCOC1(C)CCC2C(C)(CC)[C@]2(Oc2cnc(-c3ccc(-c4ccc(OCCCCCCCC)cc4)cc3)nc2)C1=O. The number of carbonyl (C=O) groups is 1. The number of unbranched alkanes of at least 4 members (excludes halogenated alkanes) is 12. The molecule has 2 aliphatic rings. The van der Waals surface area contributed by atoms with Crippen LogP contribution in [0, 0.1) is 11.3 Å². The predicted octanol–water partition coefficient (Wildman–Crippen LogP) is 12.0. The highest BCUT2D eigenvalue weighted by Crippen LogP contribution is 2.71. The van der Waals surface area contributed by atoms with Crippen molar-refractivity contribution in [2.75, 3.05) is 13.2 Å². The van der Waals surface area contributed by atoms with Gasteiger partial charge in [-0.2, -0.15) is 0 Å². The molecule has 6 heteroatoms. The molecule has 0 amide bonds. The molecule has 0 aliphatic heterocycles. The Morgan fingerprint density at radius 1 is 0.647 bits per heavy atom. The lowest BCUT2D eigenvalue weighted by molar-refractivity contribution is -0.159. The van der Waals surface area contributed by atoms with Crippen LogP contribution < -0.4 is 9.47 Å². The first kappa shape index (κ1) is 39.0. The number of nitrogens with zero attached hydrogens (tertiary/aromatic N) is 2. The van der Waals surface area contributed by atoms with E-state index in [1.54, 1.807) is 12.4 Å². The monoisotopic (exact) mass is 696 g/mol. The minimum atomic E-state index is -0.893. The molecule has 0 saturated heterocycles. The standard InChI is InChI=1S/C45H64N2O4/c1-6-9-11-13-15-16-18-20-32-50-44(5)30-29-40-43(4,8-3)45(40,42(44)48)51-39-33-46-41(47-34-39)37-23-21-35(22-24-37)36-25-27-38(28-26-36)49-31-19-17-14-12-10-7-2/h21-28,33-34,40H,6-20,29-32H2,1-5H3/t40?,43?,44?,45-/m1/s1. The Morgan fingerprint density at radius 2 is 1.16 bits per heavy atom. The molecule has 1 heterocycles. The summed E-state index contributed by atoms with van der Waals surface area (Å²) in [6, 6.07) is 16.6. The summed E-state index contributed by atoms with van der Waals surface area (Å²) < 4.78 is 19.1. The van der Waals surface area contributed by atoms with Crippen LogP contribution in [0.15, 0.2) is 60.9 Å². The van der Waals surface area contributed by atoms with Gasteiger partial charge in [0.25, 0.3) is 0 Å². The Bertz CT molecular complexity index is 1490. The Hall–Kier alpha value is -3.25. The van der Waals surface area contributed by atoms with Crippen LogP contribution in [0.1, 0.15) is 144 Å². The van der Waals surface area contributed by atoms with E-state index in [2.05, 4.69) is 86.2 Å². The number of benzene rings is 2. The quantitative estimate of drug-likeness (QED) is 0.0919. The molecule has 0 bridgehead atoms. The number of hydrogen-bond acceptors (Lipinski definition) is 6. The lowest BCUT2D eigenvalue weighted by atomic mass is 9.82. The second kappa shape index (κ2) is 18.5. The molecule has 0 spiro atoms. The maximum Gasteiger partial charge on any atom is 0.208 e. The van der Waals surface area contributed by atoms with Crippen LogP contribution in [0.25, 0.3) is 22.5 Å². The molecule has 2 aliphatic carbocycles. The lowest BCUT2D eigenvalue weighted by Gasteiger charge is -2.37. The first-order valence-corrected chi connectivity index (χ1v) is 20.3. The average molecular weight is 697 g/mol. The van der Waals surface area contributed by atoms with Crippen LogP contribution >= 0.6 is 0 Å². The summed E-state index contributed by atoms with van der Waals surface area (Å²) >= 11 is 0. The summed E-state index contributed by atoms with van der Waals surface area (Å²) in [6.45, 7) is 12.2. The Labute approximate surface area is 308 Å². The summed E-state index contributed by atoms with van der Waals surface area (Å²) in [7, 11) is 0. The highest BCUT2D eigenvalue weighted by atomic mass is 16.5. The van der Waals surface area contributed by atoms with Gasteiger partial charge in [0.1, 0.15) is 11.4 Å². The van der Waals surface area contributed by atoms with Crippen LogP contribution in [0.2, 0.25) is 0 Å². The minimum absolute atomic E-state index is 0.0900. The third kappa shape index (κ3) is 9.22. The minimum Gasteiger partial charge on any atom is -0.494 e. The van der Waals surface area contributed by atoms with Gasteiger partial charge in [0, 0.05) is 23.5 Å². The smallest absolute Gasteiger partial charge is 0.208 e. The number of carbonyl (C=O) groups excluding carboxylic acids is 1. The number of ether oxygens (including phenoxy) is 3. The van der Waals surface area contributed by atoms with Crippen LogP contribution in [0.4, 0.5) is 0 Å². The van der Waals surface area contributed by atoms with Gasteiger partial charge in [-0.15, -0.1) is 0 Å². The Kier molecular flexibility index (Phi) is 14.1. The summed E-state index contributed by atoms with van der Waals surface area (Å²) in [5, 5.41) is 0. The zero-order chi connectivity index (χ0) is 36.2. The Morgan fingerprint density at radius 3 is 1.73 bits per heavy atom. The molecule has 278 valence electrons. The van der Waals surface area contributed by atoms with E-state index in [-0.39, 0.29) is 17.1 Å². The van der Waals surface area contributed by atoms with Crippen molar-refractivity contribution < 1.29 is 19.0 Å². The van der Waals surface area contributed by atoms with Gasteiger partial charge in [0.15, 0.2) is 17.2 Å². The molecular weight excluding hydrogens is 633 g/mol. The van der Waals surface area contributed by atoms with E-state index in [0.29, 0.717) is 18.2 Å². The van der Waals surface area contributed by atoms with E-state index in [1.165, 1.54) is 70.6 Å². The van der Waals surface area contributed by atoms with Gasteiger partial charge >= 0.3 is 0 Å². The van der Waals surface area contributed by atoms with Gasteiger partial charge in [-0.05, 0) is 62.3 Å². The first-order valence-electron chi connectivity index (χ1n) is 20.3. The zero-order valence-electron chi connectivity index (χ0n) is 32.3. The summed E-state index contributed by atoms with van der Waals surface area (Å²) in [5.41, 5.74) is 1.25. The highest BCUT2D eigenvalue weighted by Gasteiger charge is 2.83. The maximum absolute atomic E-state index is 14.3. The van der Waals surface area contributed by atoms with E-state index in [1.807, 2.05) is 6.92 Å². The van der Waals surface area contributed by atoms with E-state index >= 15 is 0 Å². The summed E-state index contributed by atoms with van der Waals surface area (Å²) in [4.78, 5) is 23.7. The highest BCUT2D eigenvalue weighted by molar-refractivity contribution is 6.00. The van der Waals surface area contributed by atoms with Crippen LogP contribution in [0.3, 0.4) is 0 Å². The fraction of sp³-hybridized carbons (Fsp3) is 0.622. The number of fused-ring (bicyclic) bond motifs is 1. The molecule has 2 aromatic carbocycles. The molecule has 4 atom stereocenters. The average Bonchev–Trinajstić information content (AvgIpc) is 3.70. The van der Waals surface area contributed by atoms with Gasteiger partial charge in [-0.1, -0.05) is 141 Å². The molecular formula is C45H64N2O4. The molecule has 6 nitrogen and oxygen atoms in total. The van der Waals surface area contributed by atoms with Gasteiger partial charge in [0.05, 0.1) is 19.0 Å². The largest absolute Gasteiger partial charge is 0.494 e. The second-order valence-corrected chi connectivity index (χ2v) is 15.5. The molecule has 3 aromatic rings. The molecule has 5 rings (SSSR count). The number of rotatable bonds is 23. The lowest BCUT2D eigenvalue weighted by Crippen LogP contribution is -2.53. The second-order valence-electron chi connectivity index (χ2n) is 15.5. The number of hydrogen-bond donors (Lipinski definition) is 0. The molecule has 0 radical (unpaired) electrons. The first-order chi connectivity index (χ1) is 24.8. The number of ketones is 1.